The fourth-order valence-corrected chi connectivity index (χ4v) is 1.22. The molecule has 2 nitrogen and oxygen atoms in total. The normalized spacial score (nSPS) is 14.9. The Hall–Kier alpha value is 0.279. The number of hydrogen-bond donors (Lipinski definition) is 1. The van der Waals surface area contributed by atoms with Crippen molar-refractivity contribution in [2.45, 2.75) is 18.7 Å². The Labute approximate surface area is 48.6 Å². The SMILES string of the molecule is CN[Se](=O)C(C)C. The summed E-state index contributed by atoms with van der Waals surface area (Å²) in [5, 5.41) is 0. The Morgan fingerprint density at radius 2 is 2.00 bits per heavy atom. The molecule has 1 atom stereocenters. The van der Waals surface area contributed by atoms with Gasteiger partial charge < -0.3 is 0 Å². The van der Waals surface area contributed by atoms with Crippen LogP contribution >= 0.6 is 0 Å². The topological polar surface area (TPSA) is 29.1 Å². The molecule has 0 aliphatic carbocycles. The molecule has 0 rings (SSSR count). The Morgan fingerprint density at radius 1 is 1.57 bits per heavy atom. The summed E-state index contributed by atoms with van der Waals surface area (Å²) in [6, 6.07) is 0. The van der Waals surface area contributed by atoms with Gasteiger partial charge in [-0.05, 0) is 0 Å². The maximum absolute atomic E-state index is 10.6. The van der Waals surface area contributed by atoms with Gasteiger partial charge in [0.25, 0.3) is 0 Å². The third-order valence-electron chi connectivity index (χ3n) is 0.629. The second kappa shape index (κ2) is 3.30. The third kappa shape index (κ3) is 2.92. The van der Waals surface area contributed by atoms with Crippen molar-refractivity contribution in [3.63, 3.8) is 0 Å². The predicted octanol–water partition coefficient (Wildman–Crippen LogP) is 0.534. The van der Waals surface area contributed by atoms with E-state index in [9.17, 15) is 3.83 Å². The minimum absolute atomic E-state index is 0.324. The van der Waals surface area contributed by atoms with Crippen LogP contribution in [0.25, 0.3) is 0 Å². The molecule has 0 aliphatic rings. The van der Waals surface area contributed by atoms with Crippen LogP contribution in [-0.2, 0) is 3.83 Å². The molecular formula is C4H11NOSe. The van der Waals surface area contributed by atoms with E-state index < -0.39 is 14.1 Å². The van der Waals surface area contributed by atoms with Crippen LogP contribution in [0.5, 0.6) is 0 Å². The average molecular weight is 168 g/mol. The van der Waals surface area contributed by atoms with Gasteiger partial charge in [0.15, 0.2) is 0 Å². The van der Waals surface area contributed by atoms with E-state index in [1.54, 1.807) is 7.05 Å². The number of hydrogen-bond acceptors (Lipinski definition) is 1. The third-order valence-corrected chi connectivity index (χ3v) is 3.27. The van der Waals surface area contributed by atoms with Crippen LogP contribution in [0.15, 0.2) is 0 Å². The first-order valence-electron chi connectivity index (χ1n) is 2.26. The van der Waals surface area contributed by atoms with Crippen LogP contribution in [0.2, 0.25) is 4.82 Å². The van der Waals surface area contributed by atoms with E-state index in [0.29, 0.717) is 4.82 Å². The van der Waals surface area contributed by atoms with Crippen molar-refractivity contribution in [2.24, 2.45) is 0 Å². The molecule has 44 valence electrons. The second-order valence-corrected chi connectivity index (χ2v) is 5.63. The molecular weight excluding hydrogens is 157 g/mol. The van der Waals surface area contributed by atoms with Crippen LogP contribution in [-0.4, -0.2) is 21.1 Å². The van der Waals surface area contributed by atoms with Crippen molar-refractivity contribution >= 4 is 14.1 Å². The second-order valence-electron chi connectivity index (χ2n) is 1.55. The van der Waals surface area contributed by atoms with Crippen molar-refractivity contribution in [3.05, 3.63) is 0 Å². The molecule has 0 aliphatic heterocycles. The van der Waals surface area contributed by atoms with Crippen LogP contribution in [0.1, 0.15) is 13.8 Å². The van der Waals surface area contributed by atoms with Crippen molar-refractivity contribution in [2.75, 3.05) is 7.05 Å². The van der Waals surface area contributed by atoms with Gasteiger partial charge in [-0.2, -0.15) is 0 Å². The summed E-state index contributed by atoms with van der Waals surface area (Å²) in [5.74, 6) is 0. The van der Waals surface area contributed by atoms with Gasteiger partial charge in [-0.1, -0.05) is 0 Å². The zero-order valence-corrected chi connectivity index (χ0v) is 6.61. The van der Waals surface area contributed by atoms with Crippen LogP contribution in [0.3, 0.4) is 0 Å². The molecule has 3 heteroatoms. The first kappa shape index (κ1) is 7.28. The molecule has 0 aromatic carbocycles. The molecule has 0 spiro atoms. The standard InChI is InChI=1S/C4H11NOSe/c1-4(2)7(6)5-3/h4-5H,1-3H3. The van der Waals surface area contributed by atoms with E-state index >= 15 is 0 Å². The van der Waals surface area contributed by atoms with Gasteiger partial charge in [0.1, 0.15) is 0 Å². The van der Waals surface area contributed by atoms with E-state index in [0.717, 1.165) is 0 Å². The zero-order chi connectivity index (χ0) is 5.86. The van der Waals surface area contributed by atoms with E-state index in [4.69, 9.17) is 0 Å². The minimum atomic E-state index is -1.64. The molecule has 0 fully saturated rings. The molecule has 0 saturated heterocycles. The summed E-state index contributed by atoms with van der Waals surface area (Å²) < 4.78 is 13.3. The fourth-order valence-electron chi connectivity index (χ4n) is 0.236. The van der Waals surface area contributed by atoms with Crippen molar-refractivity contribution < 1.29 is 3.83 Å². The molecule has 7 heavy (non-hydrogen) atoms. The van der Waals surface area contributed by atoms with Crippen molar-refractivity contribution in [3.8, 4) is 0 Å². The summed E-state index contributed by atoms with van der Waals surface area (Å²) in [6.45, 7) is 3.91. The maximum atomic E-state index is 10.6. The fraction of sp³-hybridized carbons (Fsp3) is 1.00. The monoisotopic (exact) mass is 169 g/mol. The van der Waals surface area contributed by atoms with E-state index in [1.165, 1.54) is 0 Å². The van der Waals surface area contributed by atoms with Crippen LogP contribution in [0.4, 0.5) is 0 Å². The summed E-state index contributed by atoms with van der Waals surface area (Å²) in [7, 11) is 1.73. The van der Waals surface area contributed by atoms with Gasteiger partial charge >= 0.3 is 47.9 Å². The van der Waals surface area contributed by atoms with Crippen LogP contribution in [0, 0.1) is 0 Å². The molecule has 1 N–H and O–H groups in total. The summed E-state index contributed by atoms with van der Waals surface area (Å²) >= 11 is -1.64. The van der Waals surface area contributed by atoms with Crippen molar-refractivity contribution in [1.29, 1.82) is 0 Å². The molecule has 0 saturated carbocycles. The van der Waals surface area contributed by atoms with Gasteiger partial charge in [0.2, 0.25) is 0 Å². The van der Waals surface area contributed by atoms with Crippen LogP contribution < -0.4 is 4.33 Å². The average Bonchev–Trinajstić information content (AvgIpc) is 1.65. The van der Waals surface area contributed by atoms with Gasteiger partial charge in [-0.15, -0.1) is 0 Å². The van der Waals surface area contributed by atoms with E-state index in [-0.39, 0.29) is 0 Å². The Kier molecular flexibility index (Phi) is 3.43. The molecule has 1 unspecified atom stereocenters. The zero-order valence-electron chi connectivity index (χ0n) is 4.89. The summed E-state index contributed by atoms with van der Waals surface area (Å²) in [6.07, 6.45) is 0. The Balaban J connectivity index is 3.35. The number of nitrogens with one attached hydrogen (secondary N) is 1. The predicted molar refractivity (Wildman–Crippen MR) is 30.6 cm³/mol. The van der Waals surface area contributed by atoms with Gasteiger partial charge in [-0.3, -0.25) is 0 Å². The molecule has 0 radical (unpaired) electrons. The summed E-state index contributed by atoms with van der Waals surface area (Å²) in [5.41, 5.74) is 0. The van der Waals surface area contributed by atoms with Crippen molar-refractivity contribution in [1.82, 2.24) is 4.33 Å². The number of rotatable bonds is 2. The van der Waals surface area contributed by atoms with Gasteiger partial charge in [0, 0.05) is 0 Å². The molecule has 0 aromatic rings. The Morgan fingerprint density at radius 3 is 2.00 bits per heavy atom. The van der Waals surface area contributed by atoms with E-state index in [1.807, 2.05) is 13.8 Å². The molecule has 0 heterocycles. The van der Waals surface area contributed by atoms with Gasteiger partial charge in [-0.25, -0.2) is 0 Å². The molecule has 0 aromatic heterocycles. The van der Waals surface area contributed by atoms with Gasteiger partial charge in [0.05, 0.1) is 0 Å². The van der Waals surface area contributed by atoms with E-state index in [2.05, 4.69) is 4.33 Å². The molecule has 0 amide bonds. The summed E-state index contributed by atoms with van der Waals surface area (Å²) in [4.78, 5) is 0.324. The molecule has 0 bridgehead atoms. The first-order valence-corrected chi connectivity index (χ1v) is 4.81. The Bertz CT molecular complexity index is 72.1. The quantitative estimate of drug-likeness (QED) is 0.609. The first-order chi connectivity index (χ1) is 3.18.